The van der Waals surface area contributed by atoms with Crippen LogP contribution in [-0.2, 0) is 21.2 Å². The maximum atomic E-state index is 13.7. The van der Waals surface area contributed by atoms with Crippen molar-refractivity contribution in [2.75, 3.05) is 13.6 Å². The Bertz CT molecular complexity index is 1370. The van der Waals surface area contributed by atoms with Gasteiger partial charge in [0.1, 0.15) is 5.52 Å². The number of carbonyl (C=O) groups is 1. The van der Waals surface area contributed by atoms with E-state index in [1.54, 1.807) is 22.6 Å². The fourth-order valence-electron chi connectivity index (χ4n) is 4.14. The zero-order chi connectivity index (χ0) is 24.0. The standard InChI is InChI=1S/C23H30N4O5S/c1-23(2,24-3)13-27(15-7-8-15)33(31,32)16-9-10-18-17(11-16)20-14(5-4-6-19(28)29)12-25-21(20)22(30)26-18/h9-12,15,24-25H,4-8,13H2,1-3H3,(H,26,30)(H,28,29). The third-order valence-corrected chi connectivity index (χ3v) is 8.22. The summed E-state index contributed by atoms with van der Waals surface area (Å²) in [5.74, 6) is -0.879. The number of nitrogens with zero attached hydrogens (tertiary/aromatic N) is 1. The van der Waals surface area contributed by atoms with Gasteiger partial charge in [0.05, 0.1) is 4.90 Å². The van der Waals surface area contributed by atoms with Crippen LogP contribution in [0.4, 0.5) is 0 Å². The van der Waals surface area contributed by atoms with Gasteiger partial charge in [-0.1, -0.05) is 0 Å². The minimum atomic E-state index is -3.76. The van der Waals surface area contributed by atoms with Crippen molar-refractivity contribution in [1.29, 1.82) is 0 Å². The molecule has 4 N–H and O–H groups in total. The van der Waals surface area contributed by atoms with Crippen molar-refractivity contribution in [1.82, 2.24) is 19.6 Å². The zero-order valence-corrected chi connectivity index (χ0v) is 19.9. The zero-order valence-electron chi connectivity index (χ0n) is 19.1. The van der Waals surface area contributed by atoms with Gasteiger partial charge in [-0.05, 0) is 70.3 Å². The summed E-state index contributed by atoms with van der Waals surface area (Å²) in [6.07, 6.45) is 4.29. The van der Waals surface area contributed by atoms with Crippen LogP contribution in [0.25, 0.3) is 21.8 Å². The van der Waals surface area contributed by atoms with E-state index in [0.717, 1.165) is 18.4 Å². The second kappa shape index (κ2) is 8.58. The molecule has 0 spiro atoms. The van der Waals surface area contributed by atoms with Crippen molar-refractivity contribution < 1.29 is 18.3 Å². The van der Waals surface area contributed by atoms with Crippen LogP contribution in [-0.4, -0.2) is 58.9 Å². The average Bonchev–Trinajstić information content (AvgIpc) is 3.50. The first-order chi connectivity index (χ1) is 15.5. The fourth-order valence-corrected chi connectivity index (χ4v) is 6.01. The Morgan fingerprint density at radius 3 is 2.67 bits per heavy atom. The molecule has 33 heavy (non-hydrogen) atoms. The molecule has 2 aromatic heterocycles. The number of fused-ring (bicyclic) bond motifs is 3. The van der Waals surface area contributed by atoms with E-state index in [2.05, 4.69) is 15.3 Å². The Kier molecular flexibility index (Phi) is 6.10. The number of H-pyrrole nitrogens is 2. The van der Waals surface area contributed by atoms with Gasteiger partial charge >= 0.3 is 5.97 Å². The number of benzene rings is 1. The van der Waals surface area contributed by atoms with Crippen LogP contribution >= 0.6 is 0 Å². The predicted octanol–water partition coefficient (Wildman–Crippen LogP) is 2.57. The molecular formula is C23H30N4O5S. The molecule has 1 fully saturated rings. The summed E-state index contributed by atoms with van der Waals surface area (Å²) in [6, 6.07) is 4.79. The lowest BCUT2D eigenvalue weighted by Gasteiger charge is -2.32. The highest BCUT2D eigenvalue weighted by molar-refractivity contribution is 7.89. The highest BCUT2D eigenvalue weighted by Crippen LogP contribution is 2.35. The molecule has 1 saturated carbocycles. The Balaban J connectivity index is 1.81. The van der Waals surface area contributed by atoms with E-state index in [9.17, 15) is 18.0 Å². The van der Waals surface area contributed by atoms with E-state index in [4.69, 9.17) is 5.11 Å². The lowest BCUT2D eigenvalue weighted by Crippen LogP contribution is -2.50. The van der Waals surface area contributed by atoms with Gasteiger partial charge in [-0.25, -0.2) is 8.42 Å². The van der Waals surface area contributed by atoms with E-state index >= 15 is 0 Å². The van der Waals surface area contributed by atoms with Crippen molar-refractivity contribution >= 4 is 37.8 Å². The summed E-state index contributed by atoms with van der Waals surface area (Å²) in [5.41, 5.74) is 1.01. The van der Waals surface area contributed by atoms with Crippen molar-refractivity contribution in [3.8, 4) is 0 Å². The third kappa shape index (κ3) is 4.68. The molecule has 1 aromatic carbocycles. The number of aromatic nitrogens is 2. The normalized spacial score (nSPS) is 15.0. The second-order valence-electron chi connectivity index (χ2n) is 9.39. The van der Waals surface area contributed by atoms with Gasteiger partial charge in [0.25, 0.3) is 5.56 Å². The number of rotatable bonds is 10. The lowest BCUT2D eigenvalue weighted by atomic mass is 10.0. The maximum Gasteiger partial charge on any atom is 0.303 e. The number of sulfonamides is 1. The molecule has 10 heteroatoms. The number of aliphatic carboxylic acids is 1. The number of pyridine rings is 1. The highest BCUT2D eigenvalue weighted by Gasteiger charge is 2.40. The van der Waals surface area contributed by atoms with Crippen LogP contribution in [0.3, 0.4) is 0 Å². The Morgan fingerprint density at radius 2 is 2.03 bits per heavy atom. The molecule has 2 heterocycles. The first-order valence-corrected chi connectivity index (χ1v) is 12.6. The summed E-state index contributed by atoms with van der Waals surface area (Å²) < 4.78 is 28.9. The lowest BCUT2D eigenvalue weighted by molar-refractivity contribution is -0.137. The molecule has 4 rings (SSSR count). The number of hydrogen-bond acceptors (Lipinski definition) is 5. The largest absolute Gasteiger partial charge is 0.481 e. The van der Waals surface area contributed by atoms with Crippen molar-refractivity contribution in [2.45, 2.75) is 62.4 Å². The van der Waals surface area contributed by atoms with Gasteiger partial charge in [-0.15, -0.1) is 0 Å². The number of aryl methyl sites for hydroxylation is 1. The van der Waals surface area contributed by atoms with Gasteiger partial charge in [0, 0.05) is 47.0 Å². The van der Waals surface area contributed by atoms with E-state index < -0.39 is 16.0 Å². The van der Waals surface area contributed by atoms with Crippen LogP contribution in [0.5, 0.6) is 0 Å². The van der Waals surface area contributed by atoms with E-state index in [1.807, 2.05) is 20.9 Å². The topological polar surface area (TPSA) is 135 Å². The first-order valence-electron chi connectivity index (χ1n) is 11.1. The Labute approximate surface area is 192 Å². The molecule has 1 aliphatic rings. The smallest absolute Gasteiger partial charge is 0.303 e. The summed E-state index contributed by atoms with van der Waals surface area (Å²) in [4.78, 5) is 29.4. The maximum absolute atomic E-state index is 13.7. The van der Waals surface area contributed by atoms with Gasteiger partial charge in [0.2, 0.25) is 10.0 Å². The number of nitrogens with one attached hydrogen (secondary N) is 3. The van der Waals surface area contributed by atoms with E-state index in [0.29, 0.717) is 41.2 Å². The van der Waals surface area contributed by atoms with Gasteiger partial charge in [0.15, 0.2) is 0 Å². The summed E-state index contributed by atoms with van der Waals surface area (Å²) in [5, 5.41) is 13.4. The molecule has 0 bridgehead atoms. The van der Waals surface area contributed by atoms with Crippen LogP contribution < -0.4 is 10.9 Å². The number of likely N-dealkylation sites (N-methyl/N-ethyl adjacent to an activating group) is 1. The van der Waals surface area contributed by atoms with Gasteiger partial charge in [-0.3, -0.25) is 9.59 Å². The number of hydrogen-bond donors (Lipinski definition) is 4. The van der Waals surface area contributed by atoms with E-state index in [-0.39, 0.29) is 28.5 Å². The fraction of sp³-hybridized carbons (Fsp3) is 0.478. The summed E-state index contributed by atoms with van der Waals surface area (Å²) in [7, 11) is -1.94. The van der Waals surface area contributed by atoms with Crippen LogP contribution in [0.1, 0.15) is 45.1 Å². The number of aromatic amines is 2. The van der Waals surface area contributed by atoms with E-state index in [1.165, 1.54) is 6.07 Å². The highest BCUT2D eigenvalue weighted by atomic mass is 32.2. The van der Waals surface area contributed by atoms with Crippen LogP contribution in [0.2, 0.25) is 0 Å². The number of carboxylic acids is 1. The van der Waals surface area contributed by atoms with Gasteiger partial charge in [-0.2, -0.15) is 4.31 Å². The Hall–Kier alpha value is -2.69. The summed E-state index contributed by atoms with van der Waals surface area (Å²) in [6.45, 7) is 4.28. The quantitative estimate of drug-likeness (QED) is 0.357. The number of carboxylic acid groups (broad SMARTS) is 1. The molecule has 0 saturated heterocycles. The second-order valence-corrected chi connectivity index (χ2v) is 11.3. The van der Waals surface area contributed by atoms with Gasteiger partial charge < -0.3 is 20.4 Å². The molecule has 0 unspecified atom stereocenters. The average molecular weight is 475 g/mol. The molecule has 0 atom stereocenters. The van der Waals surface area contributed by atoms with Crippen molar-refractivity contribution in [3.05, 3.63) is 40.3 Å². The monoisotopic (exact) mass is 474 g/mol. The van der Waals surface area contributed by atoms with Crippen molar-refractivity contribution in [2.24, 2.45) is 0 Å². The molecule has 1 aliphatic carbocycles. The predicted molar refractivity (Wildman–Crippen MR) is 127 cm³/mol. The molecule has 0 amide bonds. The van der Waals surface area contributed by atoms with Crippen molar-refractivity contribution in [3.63, 3.8) is 0 Å². The third-order valence-electron chi connectivity index (χ3n) is 6.32. The molecule has 178 valence electrons. The first kappa shape index (κ1) is 23.5. The molecule has 9 nitrogen and oxygen atoms in total. The molecule has 3 aromatic rings. The minimum absolute atomic E-state index is 0.00670. The van der Waals surface area contributed by atoms with Crippen LogP contribution in [0.15, 0.2) is 34.1 Å². The molecule has 0 radical (unpaired) electrons. The summed E-state index contributed by atoms with van der Waals surface area (Å²) >= 11 is 0. The SMILES string of the molecule is CNC(C)(C)CN(C1CC1)S(=O)(=O)c1ccc2[nH]c(=O)c3[nH]cc(CCCC(=O)O)c3c2c1. The Morgan fingerprint density at radius 1 is 1.30 bits per heavy atom. The van der Waals surface area contributed by atoms with Crippen LogP contribution in [0, 0.1) is 0 Å². The minimum Gasteiger partial charge on any atom is -0.481 e. The molecular weight excluding hydrogens is 444 g/mol. The molecule has 0 aliphatic heterocycles.